The van der Waals surface area contributed by atoms with Gasteiger partial charge < -0.3 is 9.31 Å². The Labute approximate surface area is 137 Å². The maximum atomic E-state index is 6.08. The normalized spacial score (nSPS) is 21.2. The molecule has 1 saturated heterocycles. The van der Waals surface area contributed by atoms with Crippen molar-refractivity contribution in [1.82, 2.24) is 0 Å². The third-order valence-corrected chi connectivity index (χ3v) is 9.35. The van der Waals surface area contributed by atoms with Gasteiger partial charge in [-0.25, -0.2) is 0 Å². The quantitative estimate of drug-likeness (QED) is 0.776. The van der Waals surface area contributed by atoms with Crippen molar-refractivity contribution in [2.75, 3.05) is 0 Å². The fraction of sp³-hybridized carbons (Fsp3) is 0.556. The number of rotatable bonds is 4. The van der Waals surface area contributed by atoms with Crippen LogP contribution in [0.3, 0.4) is 0 Å². The van der Waals surface area contributed by atoms with Gasteiger partial charge in [-0.05, 0) is 34.6 Å². The minimum absolute atomic E-state index is 0.138. The van der Waals surface area contributed by atoms with E-state index in [2.05, 4.69) is 84.1 Å². The molecule has 4 heteroatoms. The van der Waals surface area contributed by atoms with Gasteiger partial charge in [0.15, 0.2) is 0 Å². The predicted octanol–water partition coefficient (Wildman–Crippen LogP) is 4.18. The third-order valence-electron chi connectivity index (χ3n) is 5.40. The maximum Gasteiger partial charge on any atom is 0.461 e. The molecule has 0 spiro atoms. The van der Waals surface area contributed by atoms with Crippen LogP contribution in [0.15, 0.2) is 41.6 Å². The highest BCUT2D eigenvalue weighted by Crippen LogP contribution is 2.37. The lowest BCUT2D eigenvalue weighted by atomic mass is 9.85. The molecule has 120 valence electrons. The molecular formula is C18H29BO2Si. The zero-order valence-electron chi connectivity index (χ0n) is 15.1. The Bertz CT molecular complexity index is 533. The van der Waals surface area contributed by atoms with Crippen LogP contribution in [-0.2, 0) is 9.31 Å². The SMILES string of the molecule is C/C(=C\CB1OC(C)(C)C(C)(C)O1)[Si](C)(C)c1ccccc1. The second-order valence-corrected chi connectivity index (χ2v) is 12.4. The summed E-state index contributed by atoms with van der Waals surface area (Å²) in [6, 6.07) is 10.8. The molecule has 0 amide bonds. The summed E-state index contributed by atoms with van der Waals surface area (Å²) >= 11 is 0. The van der Waals surface area contributed by atoms with Crippen LogP contribution in [0.4, 0.5) is 0 Å². The Kier molecular flexibility index (Phi) is 4.77. The molecule has 1 heterocycles. The molecule has 0 bridgehead atoms. The van der Waals surface area contributed by atoms with Gasteiger partial charge in [-0.15, -0.1) is 0 Å². The third kappa shape index (κ3) is 3.39. The average molecular weight is 316 g/mol. The van der Waals surface area contributed by atoms with Crippen molar-refractivity contribution in [3.63, 3.8) is 0 Å². The first-order valence-electron chi connectivity index (χ1n) is 8.15. The molecule has 1 fully saturated rings. The first-order valence-corrected chi connectivity index (χ1v) is 11.1. The van der Waals surface area contributed by atoms with Crippen LogP contribution >= 0.6 is 0 Å². The van der Waals surface area contributed by atoms with Crippen molar-refractivity contribution >= 4 is 20.4 Å². The fourth-order valence-corrected chi connectivity index (χ4v) is 4.78. The van der Waals surface area contributed by atoms with Gasteiger partial charge >= 0.3 is 7.12 Å². The molecule has 22 heavy (non-hydrogen) atoms. The summed E-state index contributed by atoms with van der Waals surface area (Å²) in [6.45, 7) is 15.5. The van der Waals surface area contributed by atoms with Gasteiger partial charge in [0.2, 0.25) is 0 Å². The monoisotopic (exact) mass is 316 g/mol. The number of hydrogen-bond acceptors (Lipinski definition) is 2. The Morgan fingerprint density at radius 1 is 1.05 bits per heavy atom. The van der Waals surface area contributed by atoms with Crippen molar-refractivity contribution in [3.05, 3.63) is 41.6 Å². The van der Waals surface area contributed by atoms with E-state index in [1.54, 1.807) is 0 Å². The molecule has 0 aliphatic carbocycles. The molecule has 1 aromatic rings. The van der Waals surface area contributed by atoms with Crippen LogP contribution in [0, 0.1) is 0 Å². The summed E-state index contributed by atoms with van der Waals surface area (Å²) in [5.74, 6) is 0. The van der Waals surface area contributed by atoms with Gasteiger partial charge in [0.1, 0.15) is 8.07 Å². The maximum absolute atomic E-state index is 6.08. The van der Waals surface area contributed by atoms with Gasteiger partial charge in [-0.3, -0.25) is 0 Å². The molecule has 2 rings (SSSR count). The Morgan fingerprint density at radius 2 is 1.55 bits per heavy atom. The van der Waals surface area contributed by atoms with E-state index in [4.69, 9.17) is 9.31 Å². The van der Waals surface area contributed by atoms with E-state index in [1.165, 1.54) is 10.4 Å². The van der Waals surface area contributed by atoms with Gasteiger partial charge in [0.05, 0.1) is 11.2 Å². The summed E-state index contributed by atoms with van der Waals surface area (Å²) in [6.07, 6.45) is 3.14. The van der Waals surface area contributed by atoms with E-state index in [0.29, 0.717) is 0 Å². The van der Waals surface area contributed by atoms with E-state index in [-0.39, 0.29) is 18.3 Å². The molecule has 0 unspecified atom stereocenters. The first-order chi connectivity index (χ1) is 10.1. The smallest absolute Gasteiger partial charge is 0.403 e. The van der Waals surface area contributed by atoms with Gasteiger partial charge in [-0.1, -0.05) is 59.9 Å². The van der Waals surface area contributed by atoms with E-state index in [0.717, 1.165) is 6.32 Å². The molecule has 0 saturated carbocycles. The van der Waals surface area contributed by atoms with E-state index >= 15 is 0 Å². The largest absolute Gasteiger partial charge is 0.461 e. The lowest BCUT2D eigenvalue weighted by Gasteiger charge is -2.32. The highest BCUT2D eigenvalue weighted by molar-refractivity contribution is 6.95. The number of hydrogen-bond donors (Lipinski definition) is 0. The van der Waals surface area contributed by atoms with Crippen molar-refractivity contribution in [2.45, 2.75) is 65.2 Å². The summed E-state index contributed by atoms with van der Waals surface area (Å²) in [4.78, 5) is 0. The molecule has 0 N–H and O–H groups in total. The summed E-state index contributed by atoms with van der Waals surface area (Å²) in [5, 5.41) is 2.95. The number of benzene rings is 1. The second-order valence-electron chi connectivity index (χ2n) is 7.80. The van der Waals surface area contributed by atoms with E-state index in [1.807, 2.05) is 0 Å². The van der Waals surface area contributed by atoms with Crippen molar-refractivity contribution in [2.24, 2.45) is 0 Å². The van der Waals surface area contributed by atoms with Crippen molar-refractivity contribution < 1.29 is 9.31 Å². The minimum atomic E-state index is -1.58. The van der Waals surface area contributed by atoms with Crippen LogP contribution in [0.5, 0.6) is 0 Å². The van der Waals surface area contributed by atoms with Gasteiger partial charge in [0, 0.05) is 6.32 Å². The highest BCUT2D eigenvalue weighted by Gasteiger charge is 2.50. The van der Waals surface area contributed by atoms with E-state index < -0.39 is 8.07 Å². The van der Waals surface area contributed by atoms with Crippen LogP contribution < -0.4 is 5.19 Å². The zero-order chi connectivity index (χ0) is 16.6. The average Bonchev–Trinajstić information content (AvgIpc) is 2.65. The van der Waals surface area contributed by atoms with Crippen LogP contribution in [0.1, 0.15) is 34.6 Å². The summed E-state index contributed by atoms with van der Waals surface area (Å²) in [5.41, 5.74) is -0.489. The molecule has 2 nitrogen and oxygen atoms in total. The molecule has 0 atom stereocenters. The summed E-state index contributed by atoms with van der Waals surface area (Å²) < 4.78 is 12.2. The Balaban J connectivity index is 2.08. The van der Waals surface area contributed by atoms with Crippen LogP contribution in [0.2, 0.25) is 19.4 Å². The fourth-order valence-electron chi connectivity index (χ4n) is 2.67. The van der Waals surface area contributed by atoms with Gasteiger partial charge in [-0.2, -0.15) is 0 Å². The second kappa shape index (κ2) is 5.99. The molecule has 1 aromatic carbocycles. The minimum Gasteiger partial charge on any atom is -0.403 e. The van der Waals surface area contributed by atoms with Gasteiger partial charge in [0.25, 0.3) is 0 Å². The lowest BCUT2D eigenvalue weighted by molar-refractivity contribution is 0.00578. The van der Waals surface area contributed by atoms with Crippen molar-refractivity contribution in [1.29, 1.82) is 0 Å². The van der Waals surface area contributed by atoms with Crippen molar-refractivity contribution in [3.8, 4) is 0 Å². The van der Waals surface area contributed by atoms with Crippen LogP contribution in [-0.4, -0.2) is 26.4 Å². The Morgan fingerprint density at radius 3 is 2.05 bits per heavy atom. The highest BCUT2D eigenvalue weighted by atomic mass is 28.3. The van der Waals surface area contributed by atoms with E-state index in [9.17, 15) is 0 Å². The number of allylic oxidation sites excluding steroid dienone is 2. The topological polar surface area (TPSA) is 18.5 Å². The zero-order valence-corrected chi connectivity index (χ0v) is 16.1. The first kappa shape index (κ1) is 17.5. The molecular weight excluding hydrogens is 287 g/mol. The molecule has 1 aliphatic heterocycles. The Hall–Kier alpha value is -0.838. The van der Waals surface area contributed by atoms with Crippen LogP contribution in [0.25, 0.3) is 0 Å². The predicted molar refractivity (Wildman–Crippen MR) is 98.2 cm³/mol. The molecule has 1 aliphatic rings. The molecule has 0 radical (unpaired) electrons. The molecule has 0 aromatic heterocycles. The lowest BCUT2D eigenvalue weighted by Crippen LogP contribution is -2.43. The summed E-state index contributed by atoms with van der Waals surface area (Å²) in [7, 11) is -1.71. The standard InChI is InChI=1S/C18H29BO2Si/c1-15(22(6,7)16-11-9-8-10-12-16)13-14-19-20-17(2,3)18(4,5)21-19/h8-13H,14H2,1-7H3/b15-13+.